The molecule has 1 aromatic heterocycles. The fourth-order valence-electron chi connectivity index (χ4n) is 9.32. The topological polar surface area (TPSA) is 58.4 Å². The fourth-order valence-corrected chi connectivity index (χ4v) is 10.3. The molecule has 0 bridgehead atoms. The van der Waals surface area contributed by atoms with Crippen LogP contribution in [0.2, 0.25) is 0 Å². The summed E-state index contributed by atoms with van der Waals surface area (Å²) in [5.41, 5.74) is 10.0. The van der Waals surface area contributed by atoms with Gasteiger partial charge in [0.15, 0.2) is 5.16 Å². The Morgan fingerprint density at radius 1 is 0.780 bits per heavy atom. The highest BCUT2D eigenvalue weighted by Crippen LogP contribution is 2.28. The van der Waals surface area contributed by atoms with Crippen LogP contribution in [-0.2, 0) is 42.7 Å². The van der Waals surface area contributed by atoms with Crippen LogP contribution in [0.1, 0.15) is 48.2 Å². The van der Waals surface area contributed by atoms with E-state index in [4.69, 9.17) is 0 Å². The lowest BCUT2D eigenvalue weighted by molar-refractivity contribution is -0.136. The van der Waals surface area contributed by atoms with Crippen molar-refractivity contribution in [2.24, 2.45) is 0 Å². The summed E-state index contributed by atoms with van der Waals surface area (Å²) in [5, 5.41) is 0.0968. The van der Waals surface area contributed by atoms with Crippen LogP contribution >= 0.6 is 11.8 Å². The van der Waals surface area contributed by atoms with Crippen molar-refractivity contribution in [1.29, 1.82) is 0 Å². The van der Waals surface area contributed by atoms with Gasteiger partial charge >= 0.3 is 6.18 Å². The number of alkyl halides is 3. The summed E-state index contributed by atoms with van der Waals surface area (Å²) >= 11 is 1.37. The molecule has 1 heterocycles. The number of fused-ring (bicyclic) bond motifs is 1. The van der Waals surface area contributed by atoms with Crippen molar-refractivity contribution in [3.05, 3.63) is 68.4 Å². The number of amides is 1. The van der Waals surface area contributed by atoms with Gasteiger partial charge in [0.25, 0.3) is 5.56 Å². The van der Waals surface area contributed by atoms with Gasteiger partial charge in [-0.25, -0.2) is 4.39 Å². The van der Waals surface area contributed by atoms with Crippen LogP contribution in [0.5, 0.6) is 0 Å². The minimum Gasteiger partial charge on any atom is -0.336 e. The Morgan fingerprint density at radius 2 is 1.29 bits per heavy atom. The van der Waals surface area contributed by atoms with E-state index in [0.717, 1.165) is 56.2 Å². The van der Waals surface area contributed by atoms with Crippen molar-refractivity contribution in [1.82, 2.24) is 19.4 Å². The third-order valence-corrected chi connectivity index (χ3v) is 13.7. The highest BCUT2D eigenvalue weighted by atomic mass is 32.2. The quantitative estimate of drug-likeness (QED) is 0.0583. The second-order valence-corrected chi connectivity index (χ2v) is 19.3. The number of thioether (sulfide) groups is 1. The molecular weight excluding hydrogens is 758 g/mol. The summed E-state index contributed by atoms with van der Waals surface area (Å²) in [6.45, 7) is 5.75. The molecule has 0 fully saturated rings. The Bertz CT molecular complexity index is 2280. The first-order valence-electron chi connectivity index (χ1n) is 20.6. The molecule has 296 valence electrons. The summed E-state index contributed by atoms with van der Waals surface area (Å²) in [5.74, 6) is 0.0271. The second kappa shape index (κ2) is 17.7. The summed E-state index contributed by atoms with van der Waals surface area (Å²) < 4.78 is 58.4. The first kappa shape index (κ1) is 46.9. The molecule has 0 atom stereocenters. The number of halogens is 4. The number of aromatic nitrogens is 2. The van der Waals surface area contributed by atoms with Crippen molar-refractivity contribution in [3.63, 3.8) is 0 Å². The van der Waals surface area contributed by atoms with E-state index in [2.05, 4.69) is 70.8 Å². The van der Waals surface area contributed by atoms with Gasteiger partial charge < -0.3 is 14.4 Å². The average Bonchev–Trinajstić information content (AvgIpc) is 3.63. The van der Waals surface area contributed by atoms with Gasteiger partial charge in [0, 0.05) is 42.2 Å². The highest BCUT2D eigenvalue weighted by Gasteiger charge is 2.37. The highest BCUT2D eigenvalue weighted by molar-refractivity contribution is 7.98. The largest absolute Gasteiger partial charge is 0.415 e. The predicted molar refractivity (Wildman–Crippen MR) is 272 cm³/mol. The predicted octanol–water partition coefficient (Wildman–Crippen LogP) is -10.9. The Kier molecular flexibility index (Phi) is 14.0. The molecule has 0 saturated heterocycles. The minimum atomic E-state index is -4.46. The summed E-state index contributed by atoms with van der Waals surface area (Å²) in [6, 6.07) is 6.24. The summed E-state index contributed by atoms with van der Waals surface area (Å²) in [4.78, 5) is 37.0. The smallest absolute Gasteiger partial charge is 0.336 e. The minimum absolute atomic E-state index is 0.00302. The molecule has 0 N–H and O–H groups in total. The van der Waals surface area contributed by atoms with Crippen LogP contribution in [0.3, 0.4) is 0 Å². The Balaban J connectivity index is 1.61. The Morgan fingerprint density at radius 3 is 1.78 bits per heavy atom. The van der Waals surface area contributed by atoms with Crippen molar-refractivity contribution in [2.75, 3.05) is 13.1 Å². The standard InChI is InChI=1S/C36H50B12F4N4O2S/c1-34(45,46)56(35(2,47)48)11-10-54(20(57)13-55-19-5-3-4-17(19)32(58)53-33(55)59-14-15-6-8-16(49)9-7-15)12-18-24(37)26(39)21(27(40)25(18)38)22-28(41)30(43)23(36(50,51)52)31(44)29(22)42/h6-9H,3-5,10-14,37-48H2,1-2H3. The molecule has 4 aromatic rings. The third kappa shape index (κ3) is 9.82. The maximum Gasteiger partial charge on any atom is 0.415 e. The molecular formula is C36H50B12F4N4O2S. The average molecular weight is 809 g/mol. The molecule has 6 nitrogen and oxygen atoms in total. The van der Waals surface area contributed by atoms with Gasteiger partial charge in [-0.05, 0) is 64.3 Å². The molecule has 0 aliphatic heterocycles. The van der Waals surface area contributed by atoms with Crippen molar-refractivity contribution in [3.8, 4) is 11.1 Å². The lowest BCUT2D eigenvalue weighted by atomic mass is 9.54. The first-order chi connectivity index (χ1) is 27.2. The zero-order chi connectivity index (χ0) is 44.1. The number of carbonyl (C=O) groups is 1. The van der Waals surface area contributed by atoms with Crippen LogP contribution < -0.4 is 49.3 Å². The van der Waals surface area contributed by atoms with Gasteiger partial charge in [0.05, 0.1) is 0 Å². The van der Waals surface area contributed by atoms with E-state index < -0.39 is 11.7 Å². The van der Waals surface area contributed by atoms with Gasteiger partial charge in [0.1, 0.15) is 107 Å². The van der Waals surface area contributed by atoms with Crippen molar-refractivity contribution < 1.29 is 22.4 Å². The SMILES string of the molecule is Bc1c(B)c(-c2c(B)c(B)c(C(F)(F)F)c(B)c2B)c(B)c(B)c1CN(CCN(C(B)(B)C)C(B)(B)C)C(=O)Cn1c(SCc2ccc(F)cc2)nc(=O)c2c1CCC2. The maximum absolute atomic E-state index is 15.0. The first-order valence-corrected chi connectivity index (χ1v) is 21.6. The number of rotatable bonds is 13. The molecule has 5 rings (SSSR count). The Hall–Kier alpha value is -3.18. The molecule has 0 radical (unpaired) electrons. The van der Waals surface area contributed by atoms with Crippen LogP contribution in [0, 0.1) is 5.82 Å². The van der Waals surface area contributed by atoms with Crippen molar-refractivity contribution in [2.45, 2.75) is 74.0 Å². The van der Waals surface area contributed by atoms with E-state index in [1.807, 2.05) is 25.2 Å². The fraction of sp³-hybridized carbons (Fsp3) is 0.361. The van der Waals surface area contributed by atoms with Crippen LogP contribution in [0.4, 0.5) is 17.6 Å². The molecule has 1 aliphatic carbocycles. The number of hydrogen-bond acceptors (Lipinski definition) is 5. The monoisotopic (exact) mass is 810 g/mol. The molecule has 59 heavy (non-hydrogen) atoms. The van der Waals surface area contributed by atoms with E-state index in [9.17, 15) is 27.2 Å². The van der Waals surface area contributed by atoms with Gasteiger partial charge in [-0.1, -0.05) is 81.4 Å². The van der Waals surface area contributed by atoms with Gasteiger partial charge in [-0.3, -0.25) is 9.59 Å². The van der Waals surface area contributed by atoms with Crippen LogP contribution in [0.25, 0.3) is 11.1 Å². The second-order valence-electron chi connectivity index (χ2n) is 18.4. The number of carbonyl (C=O) groups excluding carboxylic acids is 1. The zero-order valence-electron chi connectivity index (χ0n) is 37.5. The van der Waals surface area contributed by atoms with Crippen LogP contribution in [0.15, 0.2) is 34.2 Å². The molecule has 3 aromatic carbocycles. The van der Waals surface area contributed by atoms with E-state index in [0.29, 0.717) is 59.9 Å². The molecule has 23 heteroatoms. The molecule has 1 aliphatic rings. The molecule has 0 unspecified atom stereocenters. The van der Waals surface area contributed by atoms with Gasteiger partial charge in [-0.2, -0.15) is 18.2 Å². The summed E-state index contributed by atoms with van der Waals surface area (Å²) in [7, 11) is 23.6. The zero-order valence-corrected chi connectivity index (χ0v) is 38.3. The normalized spacial score (nSPS) is 13.2. The number of hydrogen-bond donors (Lipinski definition) is 0. The lowest BCUT2D eigenvalue weighted by Gasteiger charge is -2.47. The van der Waals surface area contributed by atoms with E-state index >= 15 is 0 Å². The number of nitrogens with zero attached hydrogens (tertiary/aromatic N) is 4. The molecule has 0 saturated carbocycles. The van der Waals surface area contributed by atoms with Crippen LogP contribution in [-0.4, -0.2) is 143 Å². The van der Waals surface area contributed by atoms with Crippen molar-refractivity contribution >= 4 is 156 Å². The van der Waals surface area contributed by atoms with Gasteiger partial charge in [0.2, 0.25) is 5.91 Å². The summed E-state index contributed by atoms with van der Waals surface area (Å²) in [6.07, 6.45) is -2.36. The number of benzene rings is 3. The van der Waals surface area contributed by atoms with Gasteiger partial charge in [-0.15, -0.1) is 0 Å². The Labute approximate surface area is 362 Å². The molecule has 1 amide bonds. The third-order valence-electron chi connectivity index (χ3n) is 12.6. The maximum atomic E-state index is 15.0. The lowest BCUT2D eigenvalue weighted by Crippen LogP contribution is -2.62. The molecule has 0 spiro atoms. The van der Waals surface area contributed by atoms with E-state index in [-0.39, 0.29) is 45.4 Å². The van der Waals surface area contributed by atoms with E-state index in [1.54, 1.807) is 43.5 Å². The van der Waals surface area contributed by atoms with E-state index in [1.165, 1.54) is 23.9 Å².